The van der Waals surface area contributed by atoms with Gasteiger partial charge in [0.2, 0.25) is 5.13 Å². The standard InChI is InChI=1S/C21H20N4OS2/c1-21(2,3)17-10-8-16(9-11-17)18(26)23-19-24-25-20(28-19)27-13-15-6-4-14(12-22)5-7-15/h4-11H,13H2,1-3H3,(H,23,24,26). The van der Waals surface area contributed by atoms with E-state index in [4.69, 9.17) is 5.26 Å². The fourth-order valence-corrected chi connectivity index (χ4v) is 4.13. The summed E-state index contributed by atoms with van der Waals surface area (Å²) < 4.78 is 0.780. The van der Waals surface area contributed by atoms with E-state index in [2.05, 4.69) is 42.4 Å². The predicted octanol–water partition coefficient (Wildman–Crippen LogP) is 5.25. The SMILES string of the molecule is CC(C)(C)c1ccc(C(=O)Nc2nnc(SCc3ccc(C#N)cc3)s2)cc1. The molecule has 0 aliphatic carbocycles. The Balaban J connectivity index is 1.57. The average Bonchev–Trinajstić information content (AvgIpc) is 3.13. The van der Waals surface area contributed by atoms with Crippen molar-refractivity contribution < 1.29 is 4.79 Å². The van der Waals surface area contributed by atoms with E-state index in [1.165, 1.54) is 16.9 Å². The number of nitriles is 1. The van der Waals surface area contributed by atoms with Gasteiger partial charge in [-0.1, -0.05) is 68.1 Å². The summed E-state index contributed by atoms with van der Waals surface area (Å²) in [7, 11) is 0. The van der Waals surface area contributed by atoms with E-state index in [1.807, 2.05) is 36.4 Å². The van der Waals surface area contributed by atoms with Crippen LogP contribution >= 0.6 is 23.1 Å². The van der Waals surface area contributed by atoms with Crippen molar-refractivity contribution in [3.8, 4) is 6.07 Å². The van der Waals surface area contributed by atoms with E-state index in [0.717, 1.165) is 15.7 Å². The topological polar surface area (TPSA) is 78.7 Å². The lowest BCUT2D eigenvalue weighted by Gasteiger charge is -2.18. The quantitative estimate of drug-likeness (QED) is 0.461. The zero-order valence-electron chi connectivity index (χ0n) is 15.9. The van der Waals surface area contributed by atoms with Gasteiger partial charge in [-0.25, -0.2) is 0 Å². The van der Waals surface area contributed by atoms with Crippen LogP contribution < -0.4 is 5.32 Å². The highest BCUT2D eigenvalue weighted by Gasteiger charge is 2.15. The van der Waals surface area contributed by atoms with Gasteiger partial charge in [0, 0.05) is 11.3 Å². The Morgan fingerprint density at radius 1 is 1.11 bits per heavy atom. The van der Waals surface area contributed by atoms with E-state index in [1.54, 1.807) is 23.9 Å². The van der Waals surface area contributed by atoms with Gasteiger partial charge in [-0.05, 0) is 40.8 Å². The molecule has 1 aromatic heterocycles. The third-order valence-electron chi connectivity index (χ3n) is 4.09. The predicted molar refractivity (Wildman–Crippen MR) is 114 cm³/mol. The molecule has 0 saturated carbocycles. The second-order valence-corrected chi connectivity index (χ2v) is 9.45. The summed E-state index contributed by atoms with van der Waals surface area (Å²) in [6, 6.07) is 17.2. The van der Waals surface area contributed by atoms with Gasteiger partial charge in [-0.15, -0.1) is 10.2 Å². The highest BCUT2D eigenvalue weighted by atomic mass is 32.2. The summed E-state index contributed by atoms with van der Waals surface area (Å²) >= 11 is 2.89. The van der Waals surface area contributed by atoms with Gasteiger partial charge < -0.3 is 0 Å². The van der Waals surface area contributed by atoms with Crippen LogP contribution in [0.15, 0.2) is 52.9 Å². The van der Waals surface area contributed by atoms with Gasteiger partial charge in [0.05, 0.1) is 11.6 Å². The molecule has 28 heavy (non-hydrogen) atoms. The molecule has 142 valence electrons. The maximum atomic E-state index is 12.4. The monoisotopic (exact) mass is 408 g/mol. The number of hydrogen-bond donors (Lipinski definition) is 1. The van der Waals surface area contributed by atoms with Crippen molar-refractivity contribution in [2.24, 2.45) is 0 Å². The Morgan fingerprint density at radius 2 is 1.79 bits per heavy atom. The van der Waals surface area contributed by atoms with Crippen molar-refractivity contribution in [2.75, 3.05) is 5.32 Å². The second kappa shape index (κ2) is 8.55. The first-order valence-electron chi connectivity index (χ1n) is 8.72. The first-order chi connectivity index (χ1) is 13.3. The maximum absolute atomic E-state index is 12.4. The lowest BCUT2D eigenvalue weighted by Crippen LogP contribution is -2.14. The van der Waals surface area contributed by atoms with Gasteiger partial charge in [-0.2, -0.15) is 5.26 Å². The van der Waals surface area contributed by atoms with Crippen molar-refractivity contribution in [1.82, 2.24) is 10.2 Å². The largest absolute Gasteiger partial charge is 0.296 e. The molecule has 1 N–H and O–H groups in total. The van der Waals surface area contributed by atoms with Crippen LogP contribution in [0.1, 0.15) is 47.8 Å². The highest BCUT2D eigenvalue weighted by molar-refractivity contribution is 8.00. The molecule has 0 saturated heterocycles. The minimum Gasteiger partial charge on any atom is -0.296 e. The van der Waals surface area contributed by atoms with E-state index >= 15 is 0 Å². The number of carbonyl (C=O) groups is 1. The number of amides is 1. The summed E-state index contributed by atoms with van der Waals surface area (Å²) in [6.45, 7) is 6.42. The fraction of sp³-hybridized carbons (Fsp3) is 0.238. The van der Waals surface area contributed by atoms with Crippen LogP contribution in [0.5, 0.6) is 0 Å². The van der Waals surface area contributed by atoms with Crippen LogP contribution in [0.4, 0.5) is 5.13 Å². The maximum Gasteiger partial charge on any atom is 0.257 e. The number of hydrogen-bond acceptors (Lipinski definition) is 6. The van der Waals surface area contributed by atoms with E-state index in [0.29, 0.717) is 16.3 Å². The third kappa shape index (κ3) is 5.18. The van der Waals surface area contributed by atoms with Crippen molar-refractivity contribution >= 4 is 34.1 Å². The Labute approximate surface area is 172 Å². The molecule has 1 heterocycles. The molecular weight excluding hydrogens is 388 g/mol. The Hall–Kier alpha value is -2.69. The molecule has 0 aliphatic heterocycles. The Kier molecular flexibility index (Phi) is 6.12. The van der Waals surface area contributed by atoms with Gasteiger partial charge in [0.25, 0.3) is 5.91 Å². The van der Waals surface area contributed by atoms with Crippen molar-refractivity contribution in [3.05, 3.63) is 70.8 Å². The lowest BCUT2D eigenvalue weighted by molar-refractivity contribution is 0.102. The second-order valence-electron chi connectivity index (χ2n) is 7.25. The molecule has 0 radical (unpaired) electrons. The summed E-state index contributed by atoms with van der Waals surface area (Å²) in [4.78, 5) is 12.4. The number of aromatic nitrogens is 2. The number of thioether (sulfide) groups is 1. The molecule has 0 atom stereocenters. The lowest BCUT2D eigenvalue weighted by atomic mass is 9.87. The minimum absolute atomic E-state index is 0.0509. The smallest absolute Gasteiger partial charge is 0.257 e. The van der Waals surface area contributed by atoms with Gasteiger partial charge in [-0.3, -0.25) is 10.1 Å². The third-order valence-corrected chi connectivity index (χ3v) is 6.13. The Bertz CT molecular complexity index is 997. The number of rotatable bonds is 5. The fourth-order valence-electron chi connectivity index (χ4n) is 2.43. The van der Waals surface area contributed by atoms with Crippen LogP contribution in [-0.4, -0.2) is 16.1 Å². The van der Waals surface area contributed by atoms with Crippen molar-refractivity contribution in [1.29, 1.82) is 5.26 Å². The van der Waals surface area contributed by atoms with Crippen LogP contribution in [0.3, 0.4) is 0 Å². The van der Waals surface area contributed by atoms with Gasteiger partial charge in [0.1, 0.15) is 0 Å². The molecule has 0 unspecified atom stereocenters. The molecular formula is C21H20N4OS2. The van der Waals surface area contributed by atoms with Crippen LogP contribution in [0.25, 0.3) is 0 Å². The molecule has 0 fully saturated rings. The molecule has 0 bridgehead atoms. The zero-order chi connectivity index (χ0) is 20.1. The summed E-state index contributed by atoms with van der Waals surface area (Å²) in [5.74, 6) is 0.531. The molecule has 0 spiro atoms. The van der Waals surface area contributed by atoms with E-state index in [9.17, 15) is 4.79 Å². The van der Waals surface area contributed by atoms with E-state index < -0.39 is 0 Å². The van der Waals surface area contributed by atoms with Gasteiger partial charge in [0.15, 0.2) is 4.34 Å². The van der Waals surface area contributed by atoms with Crippen molar-refractivity contribution in [3.63, 3.8) is 0 Å². The average molecular weight is 409 g/mol. The van der Waals surface area contributed by atoms with Crippen LogP contribution in [0.2, 0.25) is 0 Å². The number of anilines is 1. The number of nitrogens with one attached hydrogen (secondary N) is 1. The summed E-state index contributed by atoms with van der Waals surface area (Å²) in [5, 5.41) is 20.3. The normalized spacial score (nSPS) is 11.1. The number of nitrogens with zero attached hydrogens (tertiary/aromatic N) is 3. The molecule has 1 amide bonds. The van der Waals surface area contributed by atoms with Crippen LogP contribution in [0, 0.1) is 11.3 Å². The molecule has 7 heteroatoms. The molecule has 0 aliphatic rings. The first-order valence-corrected chi connectivity index (χ1v) is 10.5. The molecule has 2 aromatic carbocycles. The van der Waals surface area contributed by atoms with Crippen LogP contribution in [-0.2, 0) is 11.2 Å². The van der Waals surface area contributed by atoms with E-state index in [-0.39, 0.29) is 11.3 Å². The summed E-state index contributed by atoms with van der Waals surface area (Å²) in [5.41, 5.74) is 3.57. The minimum atomic E-state index is -0.194. The number of carbonyl (C=O) groups excluding carboxylic acids is 1. The highest BCUT2D eigenvalue weighted by Crippen LogP contribution is 2.29. The zero-order valence-corrected chi connectivity index (χ0v) is 17.5. The number of benzene rings is 2. The van der Waals surface area contributed by atoms with Gasteiger partial charge >= 0.3 is 0 Å². The van der Waals surface area contributed by atoms with Crippen molar-refractivity contribution in [2.45, 2.75) is 36.3 Å². The molecule has 5 nitrogen and oxygen atoms in total. The molecule has 3 rings (SSSR count). The first kappa shape index (κ1) is 20.1. The molecule has 3 aromatic rings. The Morgan fingerprint density at radius 3 is 2.39 bits per heavy atom. The summed E-state index contributed by atoms with van der Waals surface area (Å²) in [6.07, 6.45) is 0.